The van der Waals surface area contributed by atoms with E-state index in [-0.39, 0.29) is 17.4 Å². The molecule has 1 rings (SSSR count). The van der Waals surface area contributed by atoms with E-state index in [0.29, 0.717) is 12.5 Å². The Morgan fingerprint density at radius 1 is 1.32 bits per heavy atom. The van der Waals surface area contributed by atoms with Crippen LogP contribution in [0.3, 0.4) is 0 Å². The first-order valence-corrected chi connectivity index (χ1v) is 7.49. The number of hydrogen-bond acceptors (Lipinski definition) is 3. The molecule has 0 aromatic rings. The van der Waals surface area contributed by atoms with Crippen molar-refractivity contribution in [2.45, 2.75) is 47.1 Å². The van der Waals surface area contributed by atoms with Crippen molar-refractivity contribution >= 4 is 5.91 Å². The summed E-state index contributed by atoms with van der Waals surface area (Å²) in [6, 6.07) is 0. The summed E-state index contributed by atoms with van der Waals surface area (Å²) in [5.74, 6) is 0.573. The van der Waals surface area contributed by atoms with E-state index < -0.39 is 0 Å². The minimum absolute atomic E-state index is 0.128. The predicted molar refractivity (Wildman–Crippen MR) is 78.1 cm³/mol. The van der Waals surface area contributed by atoms with Crippen molar-refractivity contribution in [3.8, 4) is 0 Å². The number of likely N-dealkylation sites (N-methyl/N-ethyl adjacent to an activating group) is 1. The summed E-state index contributed by atoms with van der Waals surface area (Å²) in [6.07, 6.45) is 1.30. The largest absolute Gasteiger partial charge is 0.377 e. The van der Waals surface area contributed by atoms with Gasteiger partial charge in [-0.1, -0.05) is 34.6 Å². The molecule has 1 fully saturated rings. The van der Waals surface area contributed by atoms with E-state index in [1.165, 1.54) is 0 Å². The van der Waals surface area contributed by atoms with Gasteiger partial charge in [-0.3, -0.25) is 9.69 Å². The Balaban J connectivity index is 2.37. The van der Waals surface area contributed by atoms with Crippen molar-refractivity contribution in [2.24, 2.45) is 11.3 Å². The molecule has 4 nitrogen and oxygen atoms in total. The highest BCUT2D eigenvalue weighted by Crippen LogP contribution is 2.34. The zero-order chi connectivity index (χ0) is 14.5. The second kappa shape index (κ2) is 7.25. The molecule has 0 aliphatic carbocycles. The maximum absolute atomic E-state index is 11.9. The molecular weight excluding hydrogens is 240 g/mol. The number of amides is 1. The molecule has 0 radical (unpaired) electrons. The lowest BCUT2D eigenvalue weighted by molar-refractivity contribution is -0.122. The number of carbonyl (C=O) groups excluding carboxylic acids is 1. The van der Waals surface area contributed by atoms with Gasteiger partial charge in [0, 0.05) is 19.1 Å². The molecular formula is C15H30N2O2. The molecule has 1 N–H and O–H groups in total. The first kappa shape index (κ1) is 16.4. The van der Waals surface area contributed by atoms with E-state index in [4.69, 9.17) is 4.74 Å². The van der Waals surface area contributed by atoms with E-state index in [0.717, 1.165) is 32.7 Å². The first-order valence-electron chi connectivity index (χ1n) is 7.49. The van der Waals surface area contributed by atoms with E-state index in [9.17, 15) is 4.79 Å². The first-order chi connectivity index (χ1) is 8.88. The van der Waals surface area contributed by atoms with Gasteiger partial charge in [0.25, 0.3) is 0 Å². The Kier molecular flexibility index (Phi) is 6.27. The maximum Gasteiger partial charge on any atom is 0.234 e. The molecule has 2 atom stereocenters. The zero-order valence-electron chi connectivity index (χ0n) is 13.2. The van der Waals surface area contributed by atoms with Crippen LogP contribution < -0.4 is 5.32 Å². The van der Waals surface area contributed by atoms with E-state index in [1.54, 1.807) is 0 Å². The van der Waals surface area contributed by atoms with Crippen LogP contribution in [0.4, 0.5) is 0 Å². The van der Waals surface area contributed by atoms with Gasteiger partial charge in [0.15, 0.2) is 0 Å². The molecule has 0 spiro atoms. The third-order valence-corrected chi connectivity index (χ3v) is 3.89. The normalized spacial score (nSPS) is 23.9. The van der Waals surface area contributed by atoms with Gasteiger partial charge in [0.1, 0.15) is 0 Å². The second-order valence-electron chi connectivity index (χ2n) is 6.47. The summed E-state index contributed by atoms with van der Waals surface area (Å²) in [6.45, 7) is 14.7. The van der Waals surface area contributed by atoms with Crippen LogP contribution in [0.1, 0.15) is 41.0 Å². The van der Waals surface area contributed by atoms with Crippen molar-refractivity contribution in [3.63, 3.8) is 0 Å². The average Bonchev–Trinajstić information content (AvgIpc) is 2.81. The third-order valence-electron chi connectivity index (χ3n) is 3.89. The highest BCUT2D eigenvalue weighted by molar-refractivity contribution is 5.78. The van der Waals surface area contributed by atoms with Crippen molar-refractivity contribution in [2.75, 3.05) is 32.8 Å². The molecule has 0 unspecified atom stereocenters. The maximum atomic E-state index is 11.9. The van der Waals surface area contributed by atoms with Crippen LogP contribution in [0.25, 0.3) is 0 Å². The van der Waals surface area contributed by atoms with Crippen LogP contribution in [-0.2, 0) is 9.53 Å². The highest BCUT2D eigenvalue weighted by Gasteiger charge is 2.37. The van der Waals surface area contributed by atoms with E-state index in [1.807, 2.05) is 0 Å². The Bertz CT molecular complexity index is 282. The lowest BCUT2D eigenvalue weighted by Crippen LogP contribution is -2.42. The molecule has 112 valence electrons. The summed E-state index contributed by atoms with van der Waals surface area (Å²) < 4.78 is 5.82. The number of carbonyl (C=O) groups is 1. The van der Waals surface area contributed by atoms with Gasteiger partial charge in [-0.05, 0) is 24.9 Å². The Hall–Kier alpha value is -0.610. The summed E-state index contributed by atoms with van der Waals surface area (Å²) in [7, 11) is 0. The fourth-order valence-electron chi connectivity index (χ4n) is 2.75. The monoisotopic (exact) mass is 270 g/mol. The topological polar surface area (TPSA) is 41.6 Å². The second-order valence-corrected chi connectivity index (χ2v) is 6.47. The molecule has 0 aromatic carbocycles. The Labute approximate surface area is 117 Å². The number of nitrogens with one attached hydrogen (secondary N) is 1. The van der Waals surface area contributed by atoms with Gasteiger partial charge in [-0.2, -0.15) is 0 Å². The van der Waals surface area contributed by atoms with Gasteiger partial charge < -0.3 is 10.1 Å². The molecule has 0 bridgehead atoms. The molecule has 0 saturated carbocycles. The fourth-order valence-corrected chi connectivity index (χ4v) is 2.75. The van der Waals surface area contributed by atoms with E-state index >= 15 is 0 Å². The van der Waals surface area contributed by atoms with Gasteiger partial charge in [-0.15, -0.1) is 0 Å². The van der Waals surface area contributed by atoms with Crippen molar-refractivity contribution in [3.05, 3.63) is 0 Å². The third kappa shape index (κ3) is 5.11. The van der Waals surface area contributed by atoms with Crippen LogP contribution in [-0.4, -0.2) is 49.7 Å². The van der Waals surface area contributed by atoms with Crippen molar-refractivity contribution in [1.82, 2.24) is 10.2 Å². The average molecular weight is 270 g/mol. The molecule has 1 aliphatic heterocycles. The van der Waals surface area contributed by atoms with Crippen LogP contribution >= 0.6 is 0 Å². The van der Waals surface area contributed by atoms with Crippen molar-refractivity contribution < 1.29 is 9.53 Å². The molecule has 1 aliphatic rings. The smallest absolute Gasteiger partial charge is 0.234 e. The van der Waals surface area contributed by atoms with E-state index in [2.05, 4.69) is 44.8 Å². The SMILES string of the molecule is CCN(CC)CC(=O)NC[C@H]1CCO[C@@H]1C(C)(C)C. The molecule has 19 heavy (non-hydrogen) atoms. The summed E-state index contributed by atoms with van der Waals surface area (Å²) >= 11 is 0. The van der Waals surface area contributed by atoms with Crippen LogP contribution in [0.2, 0.25) is 0 Å². The minimum Gasteiger partial charge on any atom is -0.377 e. The summed E-state index contributed by atoms with van der Waals surface area (Å²) in [4.78, 5) is 14.0. The van der Waals surface area contributed by atoms with Gasteiger partial charge in [0.2, 0.25) is 5.91 Å². The Morgan fingerprint density at radius 2 is 1.95 bits per heavy atom. The van der Waals surface area contributed by atoms with Gasteiger partial charge in [-0.25, -0.2) is 0 Å². The standard InChI is InChI=1S/C15H30N2O2/c1-6-17(7-2)11-13(18)16-10-12-8-9-19-14(12)15(3,4)5/h12,14H,6-11H2,1-5H3,(H,16,18)/t12-,14+/m1/s1. The Morgan fingerprint density at radius 3 is 2.47 bits per heavy atom. The van der Waals surface area contributed by atoms with Crippen molar-refractivity contribution in [1.29, 1.82) is 0 Å². The molecule has 1 amide bonds. The predicted octanol–water partition coefficient (Wildman–Crippen LogP) is 1.90. The quantitative estimate of drug-likeness (QED) is 0.801. The lowest BCUT2D eigenvalue weighted by atomic mass is 9.81. The molecule has 4 heteroatoms. The summed E-state index contributed by atoms with van der Waals surface area (Å²) in [5.41, 5.74) is 0.144. The number of ether oxygens (including phenoxy) is 1. The number of hydrogen-bond donors (Lipinski definition) is 1. The minimum atomic E-state index is 0.128. The zero-order valence-corrected chi connectivity index (χ0v) is 13.2. The van der Waals surface area contributed by atoms with Crippen LogP contribution in [0.15, 0.2) is 0 Å². The lowest BCUT2D eigenvalue weighted by Gasteiger charge is -2.31. The van der Waals surface area contributed by atoms with Gasteiger partial charge in [0.05, 0.1) is 12.6 Å². The number of rotatable bonds is 6. The van der Waals surface area contributed by atoms with Crippen LogP contribution in [0, 0.1) is 11.3 Å². The molecule has 0 aromatic heterocycles. The van der Waals surface area contributed by atoms with Gasteiger partial charge >= 0.3 is 0 Å². The van der Waals surface area contributed by atoms with Crippen LogP contribution in [0.5, 0.6) is 0 Å². The molecule has 1 heterocycles. The highest BCUT2D eigenvalue weighted by atomic mass is 16.5. The molecule has 1 saturated heterocycles. The number of nitrogens with zero attached hydrogens (tertiary/aromatic N) is 1. The fraction of sp³-hybridized carbons (Fsp3) is 0.933. The summed E-state index contributed by atoms with van der Waals surface area (Å²) in [5, 5.41) is 3.07.